The summed E-state index contributed by atoms with van der Waals surface area (Å²) in [7, 11) is 0. The number of halogens is 1. The zero-order valence-corrected chi connectivity index (χ0v) is 12.0. The Hall–Kier alpha value is -2.09. The monoisotopic (exact) mass is 292 g/mol. The van der Waals surface area contributed by atoms with Crippen LogP contribution in [0.4, 0.5) is 0 Å². The maximum Gasteiger partial charge on any atom is 0.143 e. The van der Waals surface area contributed by atoms with Crippen molar-refractivity contribution in [2.24, 2.45) is 0 Å². The van der Waals surface area contributed by atoms with E-state index in [0.717, 1.165) is 27.8 Å². The van der Waals surface area contributed by atoms with E-state index < -0.39 is 5.60 Å². The van der Waals surface area contributed by atoms with Crippen molar-refractivity contribution in [3.8, 4) is 11.1 Å². The molecule has 0 fully saturated rings. The summed E-state index contributed by atoms with van der Waals surface area (Å²) >= 11 is 6.37. The summed E-state index contributed by atoms with van der Waals surface area (Å²) in [6.07, 6.45) is 0. The minimum Gasteiger partial charge on any atom is -0.376 e. The van der Waals surface area contributed by atoms with E-state index in [0.29, 0.717) is 5.02 Å². The standard InChI is InChI=1S/C19H13ClO/c20-18-12-6-5-11-17(18)19(21)15-9-3-1-7-13(15)14-8-2-4-10-16(14)19/h1-12,21H. The van der Waals surface area contributed by atoms with E-state index in [4.69, 9.17) is 11.6 Å². The molecule has 1 aliphatic carbocycles. The molecular weight excluding hydrogens is 280 g/mol. The van der Waals surface area contributed by atoms with E-state index in [2.05, 4.69) is 0 Å². The van der Waals surface area contributed by atoms with Crippen LogP contribution in [0.1, 0.15) is 16.7 Å². The molecule has 1 N–H and O–H groups in total. The molecule has 0 aromatic heterocycles. The quantitative estimate of drug-likeness (QED) is 0.695. The van der Waals surface area contributed by atoms with Crippen LogP contribution >= 0.6 is 11.6 Å². The molecule has 1 aliphatic rings. The Balaban J connectivity index is 2.12. The highest BCUT2D eigenvalue weighted by atomic mass is 35.5. The molecule has 0 heterocycles. The highest BCUT2D eigenvalue weighted by Crippen LogP contribution is 2.51. The van der Waals surface area contributed by atoms with Crippen molar-refractivity contribution in [1.82, 2.24) is 0 Å². The first-order valence-electron chi connectivity index (χ1n) is 6.89. The highest BCUT2D eigenvalue weighted by Gasteiger charge is 2.43. The summed E-state index contributed by atoms with van der Waals surface area (Å²) < 4.78 is 0. The number of hydrogen-bond acceptors (Lipinski definition) is 1. The van der Waals surface area contributed by atoms with E-state index in [-0.39, 0.29) is 0 Å². The number of aliphatic hydroxyl groups is 1. The Labute approximate surface area is 128 Å². The molecule has 0 bridgehead atoms. The SMILES string of the molecule is OC1(c2ccccc2Cl)c2ccccc2-c2ccccc21. The van der Waals surface area contributed by atoms with E-state index in [9.17, 15) is 5.11 Å². The molecule has 0 radical (unpaired) electrons. The average Bonchev–Trinajstić information content (AvgIpc) is 2.79. The van der Waals surface area contributed by atoms with Gasteiger partial charge >= 0.3 is 0 Å². The molecule has 1 nitrogen and oxygen atoms in total. The van der Waals surface area contributed by atoms with Gasteiger partial charge in [-0.15, -0.1) is 0 Å². The molecule has 0 saturated carbocycles. The van der Waals surface area contributed by atoms with Crippen LogP contribution < -0.4 is 0 Å². The highest BCUT2D eigenvalue weighted by molar-refractivity contribution is 6.31. The number of hydrogen-bond donors (Lipinski definition) is 1. The van der Waals surface area contributed by atoms with Crippen LogP contribution in [0.5, 0.6) is 0 Å². The molecule has 0 amide bonds. The first-order valence-corrected chi connectivity index (χ1v) is 7.27. The second-order valence-corrected chi connectivity index (χ2v) is 5.69. The molecule has 21 heavy (non-hydrogen) atoms. The van der Waals surface area contributed by atoms with Gasteiger partial charge in [-0.25, -0.2) is 0 Å². The molecule has 0 aliphatic heterocycles. The molecule has 0 spiro atoms. The van der Waals surface area contributed by atoms with Gasteiger partial charge in [0, 0.05) is 21.7 Å². The lowest BCUT2D eigenvalue weighted by Gasteiger charge is -2.27. The van der Waals surface area contributed by atoms with Crippen LogP contribution in [0, 0.1) is 0 Å². The predicted octanol–water partition coefficient (Wildman–Crippen LogP) is 4.60. The summed E-state index contributed by atoms with van der Waals surface area (Å²) in [5.74, 6) is 0. The zero-order chi connectivity index (χ0) is 14.4. The third-order valence-corrected chi connectivity index (χ3v) is 4.52. The van der Waals surface area contributed by atoms with Gasteiger partial charge in [-0.3, -0.25) is 0 Å². The van der Waals surface area contributed by atoms with E-state index >= 15 is 0 Å². The number of fused-ring (bicyclic) bond motifs is 3. The van der Waals surface area contributed by atoms with Crippen LogP contribution in [-0.4, -0.2) is 5.11 Å². The molecule has 0 atom stereocenters. The molecule has 2 heteroatoms. The van der Waals surface area contributed by atoms with Crippen molar-refractivity contribution in [2.75, 3.05) is 0 Å². The summed E-state index contributed by atoms with van der Waals surface area (Å²) in [5.41, 5.74) is 3.44. The van der Waals surface area contributed by atoms with Gasteiger partial charge in [0.25, 0.3) is 0 Å². The fourth-order valence-electron chi connectivity index (χ4n) is 3.26. The summed E-state index contributed by atoms with van der Waals surface area (Å²) in [6.45, 7) is 0. The molecule has 3 aromatic rings. The molecule has 102 valence electrons. The lowest BCUT2D eigenvalue weighted by atomic mass is 9.84. The van der Waals surface area contributed by atoms with E-state index in [1.165, 1.54) is 0 Å². The van der Waals surface area contributed by atoms with Crippen LogP contribution in [0.3, 0.4) is 0 Å². The lowest BCUT2D eigenvalue weighted by molar-refractivity contribution is 0.131. The van der Waals surface area contributed by atoms with Crippen molar-refractivity contribution in [1.29, 1.82) is 0 Å². The topological polar surface area (TPSA) is 20.2 Å². The second kappa shape index (κ2) is 4.45. The molecule has 4 rings (SSSR count). The summed E-state index contributed by atoms with van der Waals surface area (Å²) in [6, 6.07) is 23.4. The van der Waals surface area contributed by atoms with E-state index in [1.807, 2.05) is 72.8 Å². The number of benzene rings is 3. The summed E-state index contributed by atoms with van der Waals surface area (Å²) in [4.78, 5) is 0. The van der Waals surface area contributed by atoms with Crippen LogP contribution in [-0.2, 0) is 5.60 Å². The normalized spacial score (nSPS) is 14.6. The molecule has 3 aromatic carbocycles. The van der Waals surface area contributed by atoms with Crippen LogP contribution in [0.15, 0.2) is 72.8 Å². The van der Waals surface area contributed by atoms with Crippen molar-refractivity contribution in [3.63, 3.8) is 0 Å². The third kappa shape index (κ3) is 1.62. The third-order valence-electron chi connectivity index (χ3n) is 4.19. The Morgan fingerprint density at radius 3 is 1.57 bits per heavy atom. The van der Waals surface area contributed by atoms with Gasteiger partial charge in [0.15, 0.2) is 0 Å². The second-order valence-electron chi connectivity index (χ2n) is 5.28. The largest absolute Gasteiger partial charge is 0.376 e. The minimum atomic E-state index is -1.19. The fraction of sp³-hybridized carbons (Fsp3) is 0.0526. The minimum absolute atomic E-state index is 0.575. The summed E-state index contributed by atoms with van der Waals surface area (Å²) in [5, 5.41) is 12.1. The number of rotatable bonds is 1. The average molecular weight is 293 g/mol. The van der Waals surface area contributed by atoms with Crippen molar-refractivity contribution in [2.45, 2.75) is 5.60 Å². The lowest BCUT2D eigenvalue weighted by Crippen LogP contribution is -2.26. The first kappa shape index (κ1) is 12.6. The van der Waals surface area contributed by atoms with E-state index in [1.54, 1.807) is 0 Å². The molecule has 0 unspecified atom stereocenters. The van der Waals surface area contributed by atoms with Crippen molar-refractivity contribution < 1.29 is 5.11 Å². The van der Waals surface area contributed by atoms with Gasteiger partial charge in [-0.1, -0.05) is 78.3 Å². The van der Waals surface area contributed by atoms with Gasteiger partial charge < -0.3 is 5.11 Å². The predicted molar refractivity (Wildman–Crippen MR) is 85.4 cm³/mol. The van der Waals surface area contributed by atoms with Gasteiger partial charge in [0.05, 0.1) is 0 Å². The van der Waals surface area contributed by atoms with Crippen molar-refractivity contribution in [3.05, 3.63) is 94.5 Å². The van der Waals surface area contributed by atoms with Gasteiger partial charge in [-0.05, 0) is 17.2 Å². The van der Waals surface area contributed by atoms with Gasteiger partial charge in [0.2, 0.25) is 0 Å². The van der Waals surface area contributed by atoms with Gasteiger partial charge in [-0.2, -0.15) is 0 Å². The Bertz CT molecular complexity index is 793. The molecule has 0 saturated heterocycles. The van der Waals surface area contributed by atoms with Crippen molar-refractivity contribution >= 4 is 11.6 Å². The smallest absolute Gasteiger partial charge is 0.143 e. The maximum absolute atomic E-state index is 11.6. The Morgan fingerprint density at radius 1 is 0.619 bits per heavy atom. The first-order chi connectivity index (χ1) is 10.2. The zero-order valence-electron chi connectivity index (χ0n) is 11.3. The van der Waals surface area contributed by atoms with Crippen LogP contribution in [0.25, 0.3) is 11.1 Å². The Kier molecular flexibility index (Phi) is 2.68. The fourth-order valence-corrected chi connectivity index (χ4v) is 3.53. The van der Waals surface area contributed by atoms with Gasteiger partial charge in [0.1, 0.15) is 5.60 Å². The van der Waals surface area contributed by atoms with Crippen LogP contribution in [0.2, 0.25) is 5.02 Å². The maximum atomic E-state index is 11.6. The Morgan fingerprint density at radius 2 is 1.05 bits per heavy atom. The molecular formula is C19H13ClO.